The van der Waals surface area contributed by atoms with Crippen LogP contribution in [0.3, 0.4) is 0 Å². The van der Waals surface area contributed by atoms with Gasteiger partial charge in [-0.05, 0) is 13.0 Å². The largest absolute Gasteiger partial charge is 0.370 e. The minimum Gasteiger partial charge on any atom is -0.370 e. The van der Waals surface area contributed by atoms with Crippen LogP contribution in [0.5, 0.6) is 0 Å². The van der Waals surface area contributed by atoms with E-state index in [1.165, 1.54) is 12.1 Å². The number of halogens is 1. The predicted octanol–water partition coefficient (Wildman–Crippen LogP) is 3.85. The second-order valence-electron chi connectivity index (χ2n) is 3.86. The summed E-state index contributed by atoms with van der Waals surface area (Å²) in [5, 5.41) is 14.0. The highest BCUT2D eigenvalue weighted by Gasteiger charge is 2.13. The van der Waals surface area contributed by atoms with Gasteiger partial charge >= 0.3 is 0 Å². The van der Waals surface area contributed by atoms with Gasteiger partial charge in [-0.25, -0.2) is 4.98 Å². The molecule has 0 amide bonds. The number of anilines is 1. The number of nitrogens with zero attached hydrogens (tertiary/aromatic N) is 2. The molecule has 1 heterocycles. The molecule has 1 N–H and O–H groups in total. The summed E-state index contributed by atoms with van der Waals surface area (Å²) in [5.74, 6) is 0.502. The average Bonchev–Trinajstić information content (AvgIpc) is 2.39. The van der Waals surface area contributed by atoms with Crippen LogP contribution in [0.25, 0.3) is 11.3 Å². The molecule has 6 heteroatoms. The summed E-state index contributed by atoms with van der Waals surface area (Å²) < 4.78 is 0.852. The predicted molar refractivity (Wildman–Crippen MR) is 78.2 cm³/mol. The molecule has 0 aliphatic rings. The van der Waals surface area contributed by atoms with Crippen molar-refractivity contribution in [2.24, 2.45) is 0 Å². The Morgan fingerprint density at radius 3 is 2.74 bits per heavy atom. The number of nitrogens with one attached hydrogen (secondary N) is 1. The lowest BCUT2D eigenvalue weighted by Gasteiger charge is -2.07. The van der Waals surface area contributed by atoms with Crippen molar-refractivity contribution in [3.05, 3.63) is 51.0 Å². The third-order valence-electron chi connectivity index (χ3n) is 2.53. The molecule has 0 saturated heterocycles. The standard InChI is InChI=1S/C13H12BrN3O2/c1-2-15-13-8-9(17(18)19)7-12(16-13)10-5-3-4-6-11(10)14/h3-8H,2H2,1H3,(H,15,16). The second-order valence-corrected chi connectivity index (χ2v) is 4.72. The molecule has 0 unspecified atom stereocenters. The Labute approximate surface area is 119 Å². The summed E-state index contributed by atoms with van der Waals surface area (Å²) in [7, 11) is 0. The Hall–Kier alpha value is -1.95. The first-order valence-corrected chi connectivity index (χ1v) is 6.56. The van der Waals surface area contributed by atoms with Crippen molar-refractivity contribution in [1.82, 2.24) is 4.98 Å². The minimum absolute atomic E-state index is 0.0247. The zero-order valence-corrected chi connectivity index (χ0v) is 11.8. The van der Waals surface area contributed by atoms with Gasteiger partial charge in [0.15, 0.2) is 0 Å². The molecule has 0 fully saturated rings. The maximum Gasteiger partial charge on any atom is 0.275 e. The lowest BCUT2D eigenvalue weighted by molar-refractivity contribution is -0.384. The third-order valence-corrected chi connectivity index (χ3v) is 3.22. The molecular weight excluding hydrogens is 310 g/mol. The Kier molecular flexibility index (Phi) is 4.11. The number of hydrogen-bond acceptors (Lipinski definition) is 4. The topological polar surface area (TPSA) is 68.1 Å². The van der Waals surface area contributed by atoms with Crippen LogP contribution < -0.4 is 5.32 Å². The number of pyridine rings is 1. The van der Waals surface area contributed by atoms with Crippen molar-refractivity contribution >= 4 is 27.4 Å². The van der Waals surface area contributed by atoms with E-state index in [1.807, 2.05) is 31.2 Å². The number of rotatable bonds is 4. The van der Waals surface area contributed by atoms with E-state index in [0.29, 0.717) is 18.1 Å². The molecule has 98 valence electrons. The van der Waals surface area contributed by atoms with Crippen molar-refractivity contribution in [3.63, 3.8) is 0 Å². The van der Waals surface area contributed by atoms with Gasteiger partial charge in [0.2, 0.25) is 0 Å². The summed E-state index contributed by atoms with van der Waals surface area (Å²) in [6.45, 7) is 2.57. The van der Waals surface area contributed by atoms with E-state index in [2.05, 4.69) is 26.2 Å². The van der Waals surface area contributed by atoms with E-state index in [9.17, 15) is 10.1 Å². The van der Waals surface area contributed by atoms with Crippen molar-refractivity contribution in [2.75, 3.05) is 11.9 Å². The maximum absolute atomic E-state index is 11.0. The molecule has 5 nitrogen and oxygen atoms in total. The molecule has 0 radical (unpaired) electrons. The lowest BCUT2D eigenvalue weighted by Crippen LogP contribution is -2.01. The van der Waals surface area contributed by atoms with Crippen LogP contribution in [0.4, 0.5) is 11.5 Å². The Bertz CT molecular complexity index is 617. The third kappa shape index (κ3) is 3.08. The van der Waals surface area contributed by atoms with Crippen LogP contribution in [-0.2, 0) is 0 Å². The Balaban J connectivity index is 2.56. The zero-order valence-electron chi connectivity index (χ0n) is 10.3. The van der Waals surface area contributed by atoms with Gasteiger partial charge < -0.3 is 5.32 Å². The van der Waals surface area contributed by atoms with Gasteiger partial charge in [-0.2, -0.15) is 0 Å². The molecule has 2 aromatic rings. The zero-order chi connectivity index (χ0) is 13.8. The smallest absolute Gasteiger partial charge is 0.275 e. The van der Waals surface area contributed by atoms with Crippen LogP contribution in [0.2, 0.25) is 0 Å². The second kappa shape index (κ2) is 5.79. The van der Waals surface area contributed by atoms with E-state index in [4.69, 9.17) is 0 Å². The molecule has 1 aromatic heterocycles. The molecular formula is C13H12BrN3O2. The summed E-state index contributed by atoms with van der Waals surface area (Å²) in [5.41, 5.74) is 1.42. The van der Waals surface area contributed by atoms with Crippen molar-refractivity contribution in [2.45, 2.75) is 6.92 Å². The molecule has 19 heavy (non-hydrogen) atoms. The van der Waals surface area contributed by atoms with Gasteiger partial charge in [-0.15, -0.1) is 0 Å². The first-order chi connectivity index (χ1) is 9.11. The number of benzene rings is 1. The maximum atomic E-state index is 11.0. The molecule has 0 aliphatic heterocycles. The molecule has 0 spiro atoms. The van der Waals surface area contributed by atoms with Crippen molar-refractivity contribution in [3.8, 4) is 11.3 Å². The molecule has 1 aromatic carbocycles. The van der Waals surface area contributed by atoms with Crippen molar-refractivity contribution in [1.29, 1.82) is 0 Å². The average molecular weight is 322 g/mol. The van der Waals surface area contributed by atoms with E-state index in [0.717, 1.165) is 10.0 Å². The molecule has 0 atom stereocenters. The first kappa shape index (κ1) is 13.5. The van der Waals surface area contributed by atoms with E-state index >= 15 is 0 Å². The van der Waals surface area contributed by atoms with Crippen LogP contribution in [0.15, 0.2) is 40.9 Å². The fraction of sp³-hybridized carbons (Fsp3) is 0.154. The van der Waals surface area contributed by atoms with Gasteiger partial charge in [-0.1, -0.05) is 34.1 Å². The van der Waals surface area contributed by atoms with Crippen LogP contribution in [0.1, 0.15) is 6.92 Å². The van der Waals surface area contributed by atoms with Crippen molar-refractivity contribution < 1.29 is 4.92 Å². The normalized spacial score (nSPS) is 10.2. The summed E-state index contributed by atoms with van der Waals surface area (Å²) >= 11 is 3.43. The highest BCUT2D eigenvalue weighted by atomic mass is 79.9. The fourth-order valence-electron chi connectivity index (χ4n) is 1.70. The van der Waals surface area contributed by atoms with E-state index < -0.39 is 4.92 Å². The monoisotopic (exact) mass is 321 g/mol. The van der Waals surface area contributed by atoms with Gasteiger partial charge in [0.05, 0.1) is 16.7 Å². The fourth-order valence-corrected chi connectivity index (χ4v) is 2.19. The van der Waals surface area contributed by atoms with Gasteiger partial charge in [0, 0.05) is 22.6 Å². The number of aromatic nitrogens is 1. The molecule has 2 rings (SSSR count). The SMILES string of the molecule is CCNc1cc([N+](=O)[O-])cc(-c2ccccc2Br)n1. The van der Waals surface area contributed by atoms with Crippen LogP contribution >= 0.6 is 15.9 Å². The summed E-state index contributed by atoms with van der Waals surface area (Å²) in [4.78, 5) is 14.9. The summed E-state index contributed by atoms with van der Waals surface area (Å²) in [6.07, 6.45) is 0. The Morgan fingerprint density at radius 1 is 1.37 bits per heavy atom. The van der Waals surface area contributed by atoms with Gasteiger partial charge in [-0.3, -0.25) is 10.1 Å². The van der Waals surface area contributed by atoms with Crippen LogP contribution in [0, 0.1) is 10.1 Å². The highest BCUT2D eigenvalue weighted by molar-refractivity contribution is 9.10. The minimum atomic E-state index is -0.414. The molecule has 0 saturated carbocycles. The molecule has 0 bridgehead atoms. The first-order valence-electron chi connectivity index (χ1n) is 5.77. The van der Waals surface area contributed by atoms with E-state index in [-0.39, 0.29) is 5.69 Å². The quantitative estimate of drug-likeness (QED) is 0.686. The van der Waals surface area contributed by atoms with Gasteiger partial charge in [0.25, 0.3) is 5.69 Å². The highest BCUT2D eigenvalue weighted by Crippen LogP contribution is 2.30. The van der Waals surface area contributed by atoms with Gasteiger partial charge in [0.1, 0.15) is 5.82 Å². The van der Waals surface area contributed by atoms with E-state index in [1.54, 1.807) is 0 Å². The number of hydrogen-bond donors (Lipinski definition) is 1. The lowest BCUT2D eigenvalue weighted by atomic mass is 10.1. The number of nitro groups is 1. The Morgan fingerprint density at radius 2 is 2.11 bits per heavy atom. The van der Waals surface area contributed by atoms with Crippen LogP contribution in [-0.4, -0.2) is 16.5 Å². The summed E-state index contributed by atoms with van der Waals surface area (Å²) in [6, 6.07) is 10.4. The molecule has 0 aliphatic carbocycles.